The highest BCUT2D eigenvalue weighted by Gasteiger charge is 2.32. The summed E-state index contributed by atoms with van der Waals surface area (Å²) in [4.78, 5) is 13.5. The monoisotopic (exact) mass is 281 g/mol. The van der Waals surface area contributed by atoms with Gasteiger partial charge in [-0.05, 0) is 43.0 Å². The second-order valence-corrected chi connectivity index (χ2v) is 5.69. The van der Waals surface area contributed by atoms with Gasteiger partial charge in [-0.2, -0.15) is 0 Å². The quantitative estimate of drug-likeness (QED) is 0.919. The minimum Gasteiger partial charge on any atom is -0.480 e. The van der Waals surface area contributed by atoms with Gasteiger partial charge < -0.3 is 5.11 Å². The summed E-state index contributed by atoms with van der Waals surface area (Å²) in [7, 11) is 0. The first-order valence-electron chi connectivity index (χ1n) is 6.81. The summed E-state index contributed by atoms with van der Waals surface area (Å²) in [5.41, 5.74) is 1.12. The molecule has 104 valence electrons. The van der Waals surface area contributed by atoms with Crippen LogP contribution in [0.1, 0.15) is 31.7 Å². The Morgan fingerprint density at radius 1 is 1.42 bits per heavy atom. The van der Waals surface area contributed by atoms with E-state index in [1.54, 1.807) is 0 Å². The predicted octanol–water partition coefficient (Wildman–Crippen LogP) is 3.42. The summed E-state index contributed by atoms with van der Waals surface area (Å²) in [6.07, 6.45) is 2.92. The number of hydrogen-bond donors (Lipinski definition) is 1. The number of halogens is 1. The molecule has 0 spiro atoms. The second-order valence-electron chi connectivity index (χ2n) is 5.25. The maximum Gasteiger partial charge on any atom is 0.320 e. The molecule has 2 unspecified atom stereocenters. The highest BCUT2D eigenvalue weighted by Crippen LogP contribution is 2.27. The molecule has 1 N–H and O–H groups in total. The van der Waals surface area contributed by atoms with E-state index in [1.807, 2.05) is 24.3 Å². The highest BCUT2D eigenvalue weighted by atomic mass is 35.5. The van der Waals surface area contributed by atoms with Crippen LogP contribution < -0.4 is 0 Å². The van der Waals surface area contributed by atoms with Gasteiger partial charge in [-0.1, -0.05) is 37.1 Å². The predicted molar refractivity (Wildman–Crippen MR) is 76.3 cm³/mol. The summed E-state index contributed by atoms with van der Waals surface area (Å²) in [5, 5.41) is 10.1. The largest absolute Gasteiger partial charge is 0.480 e. The van der Waals surface area contributed by atoms with E-state index >= 15 is 0 Å². The Kier molecular flexibility index (Phi) is 4.83. The summed E-state index contributed by atoms with van der Waals surface area (Å²) < 4.78 is 0. The third-order valence-corrected chi connectivity index (χ3v) is 4.24. The average Bonchev–Trinajstić information content (AvgIpc) is 2.41. The molecule has 4 heteroatoms. The van der Waals surface area contributed by atoms with Crippen LogP contribution in [0.15, 0.2) is 24.3 Å². The minimum absolute atomic E-state index is 0.352. The van der Waals surface area contributed by atoms with Gasteiger partial charge in [-0.25, -0.2) is 0 Å². The maximum atomic E-state index is 11.4. The normalized spacial score (nSPS) is 24.3. The van der Waals surface area contributed by atoms with Crippen molar-refractivity contribution in [3.05, 3.63) is 34.9 Å². The van der Waals surface area contributed by atoms with Crippen molar-refractivity contribution >= 4 is 17.6 Å². The molecule has 1 heterocycles. The van der Waals surface area contributed by atoms with Crippen LogP contribution in [0.4, 0.5) is 0 Å². The first kappa shape index (κ1) is 14.4. The SMILES string of the molecule is CCC1CCN(Cc2ccc(Cl)cc2)C(C(=O)O)C1. The van der Waals surface area contributed by atoms with Gasteiger partial charge >= 0.3 is 5.97 Å². The number of hydrogen-bond acceptors (Lipinski definition) is 2. The molecule has 0 radical (unpaired) electrons. The third-order valence-electron chi connectivity index (χ3n) is 3.98. The zero-order valence-electron chi connectivity index (χ0n) is 11.2. The molecule has 0 amide bonds. The van der Waals surface area contributed by atoms with E-state index in [9.17, 15) is 9.90 Å². The van der Waals surface area contributed by atoms with Crippen molar-refractivity contribution in [3.8, 4) is 0 Å². The first-order chi connectivity index (χ1) is 9.10. The van der Waals surface area contributed by atoms with E-state index in [2.05, 4.69) is 11.8 Å². The molecule has 1 aromatic rings. The lowest BCUT2D eigenvalue weighted by atomic mass is 9.88. The number of likely N-dealkylation sites (tertiary alicyclic amines) is 1. The number of piperidine rings is 1. The van der Waals surface area contributed by atoms with Crippen LogP contribution in [0, 0.1) is 5.92 Å². The van der Waals surface area contributed by atoms with Crippen LogP contribution in [0.25, 0.3) is 0 Å². The van der Waals surface area contributed by atoms with Crippen molar-refractivity contribution in [3.63, 3.8) is 0 Å². The maximum absolute atomic E-state index is 11.4. The highest BCUT2D eigenvalue weighted by molar-refractivity contribution is 6.30. The number of rotatable bonds is 4. The second kappa shape index (κ2) is 6.40. The molecule has 19 heavy (non-hydrogen) atoms. The molecule has 2 rings (SSSR count). The molecule has 1 aliphatic heterocycles. The Labute approximate surface area is 119 Å². The molecule has 1 saturated heterocycles. The van der Waals surface area contributed by atoms with Gasteiger partial charge in [0.15, 0.2) is 0 Å². The average molecular weight is 282 g/mol. The van der Waals surface area contributed by atoms with Crippen molar-refractivity contribution in [2.75, 3.05) is 6.54 Å². The number of carboxylic acids is 1. The van der Waals surface area contributed by atoms with Crippen molar-refractivity contribution in [2.24, 2.45) is 5.92 Å². The number of carboxylic acid groups (broad SMARTS) is 1. The molecule has 1 aliphatic rings. The fourth-order valence-electron chi connectivity index (χ4n) is 2.73. The fraction of sp³-hybridized carbons (Fsp3) is 0.533. The Bertz CT molecular complexity index is 432. The molecule has 0 aliphatic carbocycles. The lowest BCUT2D eigenvalue weighted by Crippen LogP contribution is -2.46. The van der Waals surface area contributed by atoms with E-state index in [4.69, 9.17) is 11.6 Å². The van der Waals surface area contributed by atoms with Gasteiger partial charge in [0.05, 0.1) is 0 Å². The summed E-state index contributed by atoms with van der Waals surface area (Å²) in [6, 6.07) is 7.28. The number of aliphatic carboxylic acids is 1. The molecular formula is C15H20ClNO2. The van der Waals surface area contributed by atoms with E-state index < -0.39 is 5.97 Å². The van der Waals surface area contributed by atoms with Gasteiger partial charge in [0.25, 0.3) is 0 Å². The topological polar surface area (TPSA) is 40.5 Å². The fourth-order valence-corrected chi connectivity index (χ4v) is 2.85. The van der Waals surface area contributed by atoms with Crippen molar-refractivity contribution < 1.29 is 9.90 Å². The molecule has 0 bridgehead atoms. The summed E-state index contributed by atoms with van der Waals surface area (Å²) in [5.74, 6) is -0.158. The smallest absolute Gasteiger partial charge is 0.320 e. The zero-order valence-corrected chi connectivity index (χ0v) is 11.9. The Hall–Kier alpha value is -1.06. The molecular weight excluding hydrogens is 262 g/mol. The van der Waals surface area contributed by atoms with Gasteiger partial charge in [0.2, 0.25) is 0 Å². The Balaban J connectivity index is 2.05. The molecule has 1 fully saturated rings. The Morgan fingerprint density at radius 3 is 2.68 bits per heavy atom. The van der Waals surface area contributed by atoms with E-state index in [0.717, 1.165) is 31.4 Å². The summed E-state index contributed by atoms with van der Waals surface area (Å²) in [6.45, 7) is 3.68. The van der Waals surface area contributed by atoms with Crippen LogP contribution >= 0.6 is 11.6 Å². The molecule has 2 atom stereocenters. The van der Waals surface area contributed by atoms with E-state index in [1.165, 1.54) is 0 Å². The molecule has 0 saturated carbocycles. The van der Waals surface area contributed by atoms with Gasteiger partial charge in [0.1, 0.15) is 6.04 Å². The lowest BCUT2D eigenvalue weighted by molar-refractivity contribution is -0.145. The van der Waals surface area contributed by atoms with Crippen LogP contribution in [0.5, 0.6) is 0 Å². The van der Waals surface area contributed by atoms with Crippen molar-refractivity contribution in [1.29, 1.82) is 0 Å². The first-order valence-corrected chi connectivity index (χ1v) is 7.19. The molecule has 0 aromatic heterocycles. The molecule has 3 nitrogen and oxygen atoms in total. The minimum atomic E-state index is -0.702. The van der Waals surface area contributed by atoms with Crippen LogP contribution in [0.2, 0.25) is 5.02 Å². The van der Waals surface area contributed by atoms with Crippen molar-refractivity contribution in [1.82, 2.24) is 4.90 Å². The Morgan fingerprint density at radius 2 is 2.11 bits per heavy atom. The van der Waals surface area contributed by atoms with Gasteiger partial charge in [-0.3, -0.25) is 9.69 Å². The van der Waals surface area contributed by atoms with Gasteiger partial charge in [-0.15, -0.1) is 0 Å². The number of carbonyl (C=O) groups is 1. The number of benzene rings is 1. The summed E-state index contributed by atoms with van der Waals surface area (Å²) >= 11 is 5.86. The lowest BCUT2D eigenvalue weighted by Gasteiger charge is -2.37. The zero-order chi connectivity index (χ0) is 13.8. The van der Waals surface area contributed by atoms with E-state index in [-0.39, 0.29) is 6.04 Å². The van der Waals surface area contributed by atoms with Crippen LogP contribution in [-0.4, -0.2) is 28.6 Å². The van der Waals surface area contributed by atoms with E-state index in [0.29, 0.717) is 17.5 Å². The third kappa shape index (κ3) is 3.71. The molecule has 1 aromatic carbocycles. The van der Waals surface area contributed by atoms with Crippen LogP contribution in [0.3, 0.4) is 0 Å². The standard InChI is InChI=1S/C15H20ClNO2/c1-2-11-7-8-17(14(9-11)15(18)19)10-12-3-5-13(16)6-4-12/h3-6,11,14H,2,7-10H2,1H3,(H,18,19). The van der Waals surface area contributed by atoms with Gasteiger partial charge in [0, 0.05) is 11.6 Å². The number of nitrogens with zero attached hydrogens (tertiary/aromatic N) is 1. The van der Waals surface area contributed by atoms with Crippen LogP contribution in [-0.2, 0) is 11.3 Å². The van der Waals surface area contributed by atoms with Crippen molar-refractivity contribution in [2.45, 2.75) is 38.8 Å².